The van der Waals surface area contributed by atoms with Crippen molar-refractivity contribution in [3.63, 3.8) is 0 Å². The van der Waals surface area contributed by atoms with Crippen molar-refractivity contribution in [1.82, 2.24) is 9.55 Å². The lowest BCUT2D eigenvalue weighted by Gasteiger charge is -2.11. The maximum absolute atomic E-state index is 5.29. The van der Waals surface area contributed by atoms with Crippen LogP contribution in [0.25, 0.3) is 0 Å². The van der Waals surface area contributed by atoms with Crippen LogP contribution in [0, 0.1) is 4.64 Å². The van der Waals surface area contributed by atoms with Gasteiger partial charge in [0.15, 0.2) is 0 Å². The number of rotatable bonds is 3. The monoisotopic (exact) mass is 248 g/mol. The van der Waals surface area contributed by atoms with E-state index in [2.05, 4.69) is 29.7 Å². The molecule has 82 valence electrons. The van der Waals surface area contributed by atoms with Gasteiger partial charge in [0, 0.05) is 11.9 Å². The van der Waals surface area contributed by atoms with Gasteiger partial charge in [-0.1, -0.05) is 42.5 Å². The Bertz CT molecular complexity index is 520. The van der Waals surface area contributed by atoms with Crippen LogP contribution < -0.4 is 0 Å². The summed E-state index contributed by atoms with van der Waals surface area (Å²) in [7, 11) is 0. The Labute approximate surface area is 105 Å². The maximum Gasteiger partial charge on any atom is 0.119 e. The standard InChI is InChI=1S/C12H12N2S2/c15-9-11-13-7-6-12(16)14(11)8-10-4-2-1-3-5-10/h1-7,15H,8-9H2. The molecule has 0 radical (unpaired) electrons. The van der Waals surface area contributed by atoms with Gasteiger partial charge in [-0.15, -0.1) is 0 Å². The number of thiol groups is 1. The summed E-state index contributed by atoms with van der Waals surface area (Å²) in [5.74, 6) is 1.50. The Balaban J connectivity index is 2.38. The van der Waals surface area contributed by atoms with Gasteiger partial charge in [-0.25, -0.2) is 4.98 Å². The van der Waals surface area contributed by atoms with E-state index in [1.807, 2.05) is 28.8 Å². The largest absolute Gasteiger partial charge is 0.316 e. The molecule has 2 nitrogen and oxygen atoms in total. The van der Waals surface area contributed by atoms with Crippen LogP contribution in [0.3, 0.4) is 0 Å². The van der Waals surface area contributed by atoms with Gasteiger partial charge in [0.2, 0.25) is 0 Å². The zero-order valence-electron chi connectivity index (χ0n) is 8.71. The molecule has 2 aromatic rings. The highest BCUT2D eigenvalue weighted by molar-refractivity contribution is 7.79. The predicted octanol–water partition coefficient (Wildman–Crippen LogP) is 3.09. The lowest BCUT2D eigenvalue weighted by molar-refractivity contribution is 0.712. The highest BCUT2D eigenvalue weighted by atomic mass is 32.1. The molecular formula is C12H12N2S2. The smallest absolute Gasteiger partial charge is 0.119 e. The molecule has 0 bridgehead atoms. The van der Waals surface area contributed by atoms with Crippen LogP contribution in [-0.2, 0) is 12.3 Å². The topological polar surface area (TPSA) is 17.8 Å². The van der Waals surface area contributed by atoms with Gasteiger partial charge < -0.3 is 4.57 Å². The zero-order chi connectivity index (χ0) is 11.4. The van der Waals surface area contributed by atoms with Crippen molar-refractivity contribution >= 4 is 24.8 Å². The number of hydrogen-bond donors (Lipinski definition) is 1. The van der Waals surface area contributed by atoms with Gasteiger partial charge in [0.05, 0.1) is 6.54 Å². The first-order valence-corrected chi connectivity index (χ1v) is 6.05. The number of nitrogens with zero attached hydrogens (tertiary/aromatic N) is 2. The molecule has 0 fully saturated rings. The molecular weight excluding hydrogens is 236 g/mol. The molecule has 1 heterocycles. The van der Waals surface area contributed by atoms with E-state index in [-0.39, 0.29) is 0 Å². The van der Waals surface area contributed by atoms with Crippen molar-refractivity contribution in [2.24, 2.45) is 0 Å². The maximum atomic E-state index is 5.29. The van der Waals surface area contributed by atoms with Crippen molar-refractivity contribution in [1.29, 1.82) is 0 Å². The van der Waals surface area contributed by atoms with Crippen molar-refractivity contribution in [2.75, 3.05) is 0 Å². The summed E-state index contributed by atoms with van der Waals surface area (Å²) in [5.41, 5.74) is 1.22. The molecule has 0 saturated heterocycles. The van der Waals surface area contributed by atoms with E-state index in [1.165, 1.54) is 5.56 Å². The number of benzene rings is 1. The molecule has 0 aliphatic heterocycles. The molecule has 1 aromatic carbocycles. The first kappa shape index (κ1) is 11.4. The van der Waals surface area contributed by atoms with Gasteiger partial charge in [-0.3, -0.25) is 0 Å². The third-order valence-electron chi connectivity index (χ3n) is 2.34. The molecule has 0 spiro atoms. The minimum Gasteiger partial charge on any atom is -0.316 e. The van der Waals surface area contributed by atoms with E-state index in [0.29, 0.717) is 5.75 Å². The average Bonchev–Trinajstić information content (AvgIpc) is 2.33. The molecule has 0 atom stereocenters. The highest BCUT2D eigenvalue weighted by Gasteiger charge is 2.01. The summed E-state index contributed by atoms with van der Waals surface area (Å²) < 4.78 is 2.81. The normalized spacial score (nSPS) is 10.3. The Morgan fingerprint density at radius 2 is 1.94 bits per heavy atom. The Kier molecular flexibility index (Phi) is 3.74. The van der Waals surface area contributed by atoms with E-state index in [0.717, 1.165) is 17.0 Å². The molecule has 0 N–H and O–H groups in total. The van der Waals surface area contributed by atoms with Gasteiger partial charge >= 0.3 is 0 Å². The zero-order valence-corrected chi connectivity index (χ0v) is 10.4. The van der Waals surface area contributed by atoms with Crippen LogP contribution in [0.5, 0.6) is 0 Å². The highest BCUT2D eigenvalue weighted by Crippen LogP contribution is 2.07. The molecule has 0 aliphatic carbocycles. The first-order chi connectivity index (χ1) is 7.81. The predicted molar refractivity (Wildman–Crippen MR) is 71.3 cm³/mol. The molecule has 0 unspecified atom stereocenters. The third-order valence-corrected chi connectivity index (χ3v) is 2.98. The van der Waals surface area contributed by atoms with Crippen LogP contribution >= 0.6 is 24.8 Å². The van der Waals surface area contributed by atoms with Gasteiger partial charge in [-0.05, 0) is 11.6 Å². The SMILES string of the molecule is S=c1ccnc(CS)n1Cc1ccccc1. The van der Waals surface area contributed by atoms with E-state index in [9.17, 15) is 0 Å². The minimum absolute atomic E-state index is 0.595. The second-order valence-electron chi connectivity index (χ2n) is 3.43. The van der Waals surface area contributed by atoms with Crippen molar-refractivity contribution in [3.05, 3.63) is 58.6 Å². The van der Waals surface area contributed by atoms with Gasteiger partial charge in [0.1, 0.15) is 10.5 Å². The fourth-order valence-corrected chi connectivity index (χ4v) is 2.02. The molecule has 16 heavy (non-hydrogen) atoms. The average molecular weight is 248 g/mol. The summed E-state index contributed by atoms with van der Waals surface area (Å²) >= 11 is 9.56. The minimum atomic E-state index is 0.595. The summed E-state index contributed by atoms with van der Waals surface area (Å²) in [4.78, 5) is 4.27. The Morgan fingerprint density at radius 3 is 2.62 bits per heavy atom. The van der Waals surface area contributed by atoms with Gasteiger partial charge in [-0.2, -0.15) is 12.6 Å². The van der Waals surface area contributed by atoms with Crippen molar-refractivity contribution in [3.8, 4) is 0 Å². The van der Waals surface area contributed by atoms with E-state index >= 15 is 0 Å². The summed E-state index contributed by atoms with van der Waals surface area (Å²) in [6, 6.07) is 12.1. The Morgan fingerprint density at radius 1 is 1.19 bits per heavy atom. The molecule has 2 rings (SSSR count). The van der Waals surface area contributed by atoms with E-state index in [1.54, 1.807) is 6.20 Å². The molecule has 0 saturated carbocycles. The van der Waals surface area contributed by atoms with Crippen LogP contribution in [-0.4, -0.2) is 9.55 Å². The molecule has 0 amide bonds. The summed E-state index contributed by atoms with van der Waals surface area (Å²) in [6.45, 7) is 0.753. The Hall–Kier alpha value is -1.13. The van der Waals surface area contributed by atoms with Crippen LogP contribution in [0.4, 0.5) is 0 Å². The summed E-state index contributed by atoms with van der Waals surface area (Å²) in [6.07, 6.45) is 1.73. The quantitative estimate of drug-likeness (QED) is 0.664. The van der Waals surface area contributed by atoms with Crippen LogP contribution in [0.2, 0.25) is 0 Å². The lowest BCUT2D eigenvalue weighted by Crippen LogP contribution is -2.09. The molecule has 4 heteroatoms. The molecule has 0 aliphatic rings. The van der Waals surface area contributed by atoms with E-state index in [4.69, 9.17) is 12.2 Å². The van der Waals surface area contributed by atoms with Gasteiger partial charge in [0.25, 0.3) is 0 Å². The number of aromatic nitrogens is 2. The lowest BCUT2D eigenvalue weighted by atomic mass is 10.2. The fraction of sp³-hybridized carbons (Fsp3) is 0.167. The number of hydrogen-bond acceptors (Lipinski definition) is 3. The van der Waals surface area contributed by atoms with E-state index < -0.39 is 0 Å². The van der Waals surface area contributed by atoms with Crippen molar-refractivity contribution < 1.29 is 0 Å². The second kappa shape index (κ2) is 5.27. The third kappa shape index (κ3) is 2.51. The van der Waals surface area contributed by atoms with Crippen LogP contribution in [0.15, 0.2) is 42.6 Å². The fourth-order valence-electron chi connectivity index (χ4n) is 1.54. The first-order valence-electron chi connectivity index (χ1n) is 5.01. The summed E-state index contributed by atoms with van der Waals surface area (Å²) in [5, 5.41) is 0. The van der Waals surface area contributed by atoms with Crippen LogP contribution in [0.1, 0.15) is 11.4 Å². The molecule has 1 aromatic heterocycles. The second-order valence-corrected chi connectivity index (χ2v) is 4.16. The van der Waals surface area contributed by atoms with Crippen molar-refractivity contribution in [2.45, 2.75) is 12.3 Å².